The van der Waals surface area contributed by atoms with Crippen molar-refractivity contribution in [3.8, 4) is 0 Å². The average molecular weight is 356 g/mol. The van der Waals surface area contributed by atoms with Gasteiger partial charge >= 0.3 is 5.97 Å². The molecule has 2 N–H and O–H groups in total. The minimum Gasteiger partial charge on any atom is -0.480 e. The number of carbonyl (C=O) groups is 2. The lowest BCUT2D eigenvalue weighted by molar-refractivity contribution is -0.143. The summed E-state index contributed by atoms with van der Waals surface area (Å²) in [5, 5.41) is 10.9. The standard InChI is InChI=1S/C11H12BrF2NO3S/c1-5(7-2-3-8(12)19-7)10(16)15-6(11(17)18)4-9(13)14/h2-3,5-6,9H,4H2,1H3,(H,15,16)(H,17,18). The number of carboxylic acid groups (broad SMARTS) is 1. The van der Waals surface area contributed by atoms with Gasteiger partial charge in [0, 0.05) is 11.3 Å². The summed E-state index contributed by atoms with van der Waals surface area (Å²) in [5.41, 5.74) is 0. The van der Waals surface area contributed by atoms with E-state index in [1.54, 1.807) is 19.1 Å². The second kappa shape index (κ2) is 6.95. The van der Waals surface area contributed by atoms with Crippen molar-refractivity contribution in [2.45, 2.75) is 31.7 Å². The molecule has 0 bridgehead atoms. The molecule has 106 valence electrons. The maximum Gasteiger partial charge on any atom is 0.326 e. The highest BCUT2D eigenvalue weighted by Gasteiger charge is 2.27. The summed E-state index contributed by atoms with van der Waals surface area (Å²) < 4.78 is 25.2. The summed E-state index contributed by atoms with van der Waals surface area (Å²) in [6, 6.07) is 1.91. The Bertz CT molecular complexity index is 467. The number of thiophene rings is 1. The molecule has 0 aromatic carbocycles. The quantitative estimate of drug-likeness (QED) is 0.824. The maximum absolute atomic E-state index is 12.2. The Morgan fingerprint density at radius 1 is 1.47 bits per heavy atom. The summed E-state index contributed by atoms with van der Waals surface area (Å²) in [4.78, 5) is 23.3. The zero-order chi connectivity index (χ0) is 14.6. The van der Waals surface area contributed by atoms with E-state index in [1.165, 1.54) is 11.3 Å². The minimum absolute atomic E-state index is 0.581. The number of hydrogen-bond acceptors (Lipinski definition) is 3. The van der Waals surface area contributed by atoms with Crippen LogP contribution < -0.4 is 5.32 Å². The van der Waals surface area contributed by atoms with Crippen LogP contribution in [0.1, 0.15) is 24.1 Å². The van der Waals surface area contributed by atoms with Gasteiger partial charge in [0.2, 0.25) is 12.3 Å². The number of hydrogen-bond donors (Lipinski definition) is 2. The van der Waals surface area contributed by atoms with Gasteiger partial charge in [-0.3, -0.25) is 4.79 Å². The van der Waals surface area contributed by atoms with Gasteiger partial charge in [0.15, 0.2) is 0 Å². The molecular formula is C11H12BrF2NO3S. The summed E-state index contributed by atoms with van der Waals surface area (Å²) >= 11 is 4.58. The van der Waals surface area contributed by atoms with Crippen LogP contribution in [0.2, 0.25) is 0 Å². The molecule has 0 spiro atoms. The molecule has 1 aromatic rings. The monoisotopic (exact) mass is 355 g/mol. The van der Waals surface area contributed by atoms with Crippen LogP contribution in [0.3, 0.4) is 0 Å². The fourth-order valence-corrected chi connectivity index (χ4v) is 2.86. The Balaban J connectivity index is 2.68. The second-order valence-corrected chi connectivity index (χ2v) is 6.38. The van der Waals surface area contributed by atoms with Crippen molar-refractivity contribution in [2.24, 2.45) is 0 Å². The van der Waals surface area contributed by atoms with Crippen LogP contribution in [0.25, 0.3) is 0 Å². The number of carbonyl (C=O) groups excluding carboxylic acids is 1. The smallest absolute Gasteiger partial charge is 0.326 e. The molecule has 19 heavy (non-hydrogen) atoms. The SMILES string of the molecule is CC(C(=O)NC(CC(F)F)C(=O)O)c1ccc(Br)s1. The van der Waals surface area contributed by atoms with Crippen molar-refractivity contribution >= 4 is 39.1 Å². The van der Waals surface area contributed by atoms with Crippen molar-refractivity contribution < 1.29 is 23.5 Å². The summed E-state index contributed by atoms with van der Waals surface area (Å²) in [5.74, 6) is -2.63. The first kappa shape index (κ1) is 16.0. The van der Waals surface area contributed by atoms with E-state index in [4.69, 9.17) is 5.11 Å². The van der Waals surface area contributed by atoms with E-state index < -0.39 is 36.7 Å². The predicted octanol–water partition coefficient (Wildman–Crippen LogP) is 2.84. The lowest BCUT2D eigenvalue weighted by Gasteiger charge is -2.16. The van der Waals surface area contributed by atoms with Crippen LogP contribution in [-0.4, -0.2) is 29.5 Å². The molecule has 0 aliphatic carbocycles. The first-order valence-electron chi connectivity index (χ1n) is 5.37. The number of amides is 1. The molecule has 0 saturated carbocycles. The first-order chi connectivity index (χ1) is 8.81. The number of alkyl halides is 2. The number of nitrogens with one attached hydrogen (secondary N) is 1. The normalized spacial score (nSPS) is 14.2. The van der Waals surface area contributed by atoms with Gasteiger partial charge in [0.1, 0.15) is 6.04 Å². The third-order valence-electron chi connectivity index (χ3n) is 2.44. The average Bonchev–Trinajstić information content (AvgIpc) is 2.73. The maximum atomic E-state index is 12.2. The highest BCUT2D eigenvalue weighted by atomic mass is 79.9. The van der Waals surface area contributed by atoms with E-state index in [0.29, 0.717) is 0 Å². The zero-order valence-electron chi connectivity index (χ0n) is 9.90. The zero-order valence-corrected chi connectivity index (χ0v) is 12.3. The number of aliphatic carboxylic acids is 1. The van der Waals surface area contributed by atoms with E-state index in [-0.39, 0.29) is 0 Å². The summed E-state index contributed by atoms with van der Waals surface area (Å²) in [6.07, 6.45) is -3.69. The largest absolute Gasteiger partial charge is 0.480 e. The van der Waals surface area contributed by atoms with Gasteiger partial charge in [-0.25, -0.2) is 13.6 Å². The molecule has 0 fully saturated rings. The highest BCUT2D eigenvalue weighted by Crippen LogP contribution is 2.28. The molecule has 2 atom stereocenters. The van der Waals surface area contributed by atoms with E-state index in [2.05, 4.69) is 21.2 Å². The molecule has 0 aliphatic heterocycles. The molecular weight excluding hydrogens is 344 g/mol. The van der Waals surface area contributed by atoms with Gasteiger partial charge in [-0.05, 0) is 35.0 Å². The molecule has 0 aliphatic rings. The third kappa shape index (κ3) is 4.87. The van der Waals surface area contributed by atoms with Crippen LogP contribution in [0.15, 0.2) is 15.9 Å². The van der Waals surface area contributed by atoms with Gasteiger partial charge in [0.05, 0.1) is 9.70 Å². The van der Waals surface area contributed by atoms with Crippen molar-refractivity contribution in [2.75, 3.05) is 0 Å². The fraction of sp³-hybridized carbons (Fsp3) is 0.455. The van der Waals surface area contributed by atoms with E-state index >= 15 is 0 Å². The van der Waals surface area contributed by atoms with Crippen molar-refractivity contribution in [3.63, 3.8) is 0 Å². The number of carboxylic acids is 1. The molecule has 8 heteroatoms. The summed E-state index contributed by atoms with van der Waals surface area (Å²) in [6.45, 7) is 1.59. The van der Waals surface area contributed by atoms with Gasteiger partial charge < -0.3 is 10.4 Å². The van der Waals surface area contributed by atoms with Crippen molar-refractivity contribution in [3.05, 3.63) is 20.8 Å². The fourth-order valence-electron chi connectivity index (χ4n) is 1.39. The van der Waals surface area contributed by atoms with Gasteiger partial charge in [-0.2, -0.15) is 0 Å². The van der Waals surface area contributed by atoms with E-state index in [9.17, 15) is 18.4 Å². The van der Waals surface area contributed by atoms with Crippen LogP contribution in [0.5, 0.6) is 0 Å². The molecule has 1 heterocycles. The van der Waals surface area contributed by atoms with Gasteiger partial charge in [-0.1, -0.05) is 0 Å². The lowest BCUT2D eigenvalue weighted by atomic mass is 10.1. The Morgan fingerprint density at radius 2 is 2.11 bits per heavy atom. The Hall–Kier alpha value is -1.02. The van der Waals surface area contributed by atoms with Crippen LogP contribution >= 0.6 is 27.3 Å². The predicted molar refractivity (Wildman–Crippen MR) is 70.6 cm³/mol. The van der Waals surface area contributed by atoms with Crippen molar-refractivity contribution in [1.29, 1.82) is 0 Å². The highest BCUT2D eigenvalue weighted by molar-refractivity contribution is 9.11. The number of halogens is 3. The molecule has 4 nitrogen and oxygen atoms in total. The van der Waals surface area contributed by atoms with Gasteiger partial charge in [0.25, 0.3) is 0 Å². The topological polar surface area (TPSA) is 66.4 Å². The summed E-state index contributed by atoms with van der Waals surface area (Å²) in [7, 11) is 0. The molecule has 2 unspecified atom stereocenters. The van der Waals surface area contributed by atoms with Gasteiger partial charge in [-0.15, -0.1) is 11.3 Å². The molecule has 1 aromatic heterocycles. The van der Waals surface area contributed by atoms with E-state index in [0.717, 1.165) is 8.66 Å². The third-order valence-corrected chi connectivity index (χ3v) is 4.25. The first-order valence-corrected chi connectivity index (χ1v) is 6.98. The minimum atomic E-state index is -2.78. The molecule has 1 rings (SSSR count). The Labute approximate surface area is 120 Å². The molecule has 0 radical (unpaired) electrons. The van der Waals surface area contributed by atoms with Crippen LogP contribution in [0, 0.1) is 0 Å². The van der Waals surface area contributed by atoms with E-state index in [1.807, 2.05) is 0 Å². The van der Waals surface area contributed by atoms with Crippen molar-refractivity contribution in [1.82, 2.24) is 5.32 Å². The Morgan fingerprint density at radius 3 is 2.53 bits per heavy atom. The molecule has 1 amide bonds. The van der Waals surface area contributed by atoms with Crippen LogP contribution in [-0.2, 0) is 9.59 Å². The number of rotatable bonds is 6. The Kier molecular flexibility index (Phi) is 5.86. The molecule has 0 saturated heterocycles. The lowest BCUT2D eigenvalue weighted by Crippen LogP contribution is -2.43. The van der Waals surface area contributed by atoms with Crippen LogP contribution in [0.4, 0.5) is 8.78 Å². The second-order valence-electron chi connectivity index (χ2n) is 3.89.